The van der Waals surface area contributed by atoms with Gasteiger partial charge in [-0.2, -0.15) is 4.37 Å². The van der Waals surface area contributed by atoms with Crippen LogP contribution >= 0.6 is 11.5 Å². The number of hydrogen-bond donors (Lipinski definition) is 0. The lowest BCUT2D eigenvalue weighted by atomic mass is 11.3. The highest BCUT2D eigenvalue weighted by Gasteiger charge is 1.61. The van der Waals surface area contributed by atoms with Crippen molar-refractivity contribution in [1.29, 1.82) is 0 Å². The van der Waals surface area contributed by atoms with Crippen LogP contribution in [0.4, 0.5) is 0 Å². The largest absolute Gasteiger partial charge is 0.343 e. The van der Waals surface area contributed by atoms with E-state index in [4.69, 9.17) is 0 Å². The van der Waals surface area contributed by atoms with Crippen molar-refractivity contribution in [2.75, 3.05) is 0 Å². The summed E-state index contributed by atoms with van der Waals surface area (Å²) >= 11 is 1.35. The summed E-state index contributed by atoms with van der Waals surface area (Å²) < 4.78 is 7.88. The van der Waals surface area contributed by atoms with Gasteiger partial charge in [0.25, 0.3) is 0 Å². The van der Waals surface area contributed by atoms with Crippen LogP contribution in [0.15, 0.2) is 29.1 Å². The maximum Gasteiger partial charge on any atom is 0.213 e. The average molecular weight is 156 g/mol. The fourth-order valence-corrected chi connectivity index (χ4v) is 0.544. The third-order valence-corrected chi connectivity index (χ3v) is 0.997. The molecule has 0 aliphatic carbocycles. The first-order chi connectivity index (χ1) is 5.00. The van der Waals surface area contributed by atoms with E-state index >= 15 is 0 Å². The molecule has 0 bridgehead atoms. The molecule has 2 heterocycles. The molecule has 0 amide bonds. The van der Waals surface area contributed by atoms with Crippen molar-refractivity contribution in [1.82, 2.24) is 19.5 Å². The molecule has 0 saturated heterocycles. The molecule has 0 unspecified atom stereocenters. The summed E-state index contributed by atoms with van der Waals surface area (Å²) in [5.41, 5.74) is 1.68. The Morgan fingerprint density at radius 2 is 2.20 bits per heavy atom. The maximum absolute atomic E-state index is 4.22. The van der Waals surface area contributed by atoms with Crippen LogP contribution in [0, 0.1) is 0 Å². The van der Waals surface area contributed by atoms with Gasteiger partial charge in [-0.15, -0.1) is 0 Å². The molecule has 2 rings (SSSR count). The van der Waals surface area contributed by atoms with Crippen molar-refractivity contribution in [3.63, 3.8) is 0 Å². The van der Waals surface area contributed by atoms with Crippen molar-refractivity contribution in [3.05, 3.63) is 24.6 Å². The SMILES string of the molecule is c1ncon1.c1ncsn1. The van der Waals surface area contributed by atoms with E-state index in [1.165, 1.54) is 30.6 Å². The lowest BCUT2D eigenvalue weighted by Gasteiger charge is -1.45. The zero-order valence-electron chi connectivity index (χ0n) is 4.91. The monoisotopic (exact) mass is 156 g/mol. The van der Waals surface area contributed by atoms with Gasteiger partial charge >= 0.3 is 0 Å². The first-order valence-electron chi connectivity index (χ1n) is 2.39. The zero-order chi connectivity index (χ0) is 7.07. The Kier molecular flexibility index (Phi) is 3.11. The van der Waals surface area contributed by atoms with Crippen molar-refractivity contribution in [3.8, 4) is 0 Å². The van der Waals surface area contributed by atoms with Gasteiger partial charge in [-0.1, -0.05) is 5.16 Å². The molecule has 2 aromatic rings. The second-order valence-corrected chi connectivity index (χ2v) is 1.79. The van der Waals surface area contributed by atoms with Gasteiger partial charge in [0.05, 0.1) is 0 Å². The quantitative estimate of drug-likeness (QED) is 0.559. The van der Waals surface area contributed by atoms with Crippen molar-refractivity contribution in [2.24, 2.45) is 0 Å². The van der Waals surface area contributed by atoms with Crippen LogP contribution in [0.3, 0.4) is 0 Å². The van der Waals surface area contributed by atoms with E-state index in [-0.39, 0.29) is 0 Å². The maximum atomic E-state index is 4.22. The smallest absolute Gasteiger partial charge is 0.213 e. The van der Waals surface area contributed by atoms with E-state index in [1.54, 1.807) is 5.51 Å². The van der Waals surface area contributed by atoms with Crippen LogP contribution in [0.2, 0.25) is 0 Å². The minimum Gasteiger partial charge on any atom is -0.343 e. The summed E-state index contributed by atoms with van der Waals surface area (Å²) in [6.07, 6.45) is 4.12. The molecule has 0 aliphatic heterocycles. The Morgan fingerprint density at radius 3 is 2.40 bits per heavy atom. The molecule has 0 atom stereocenters. The average Bonchev–Trinajstić information content (AvgIpc) is 2.67. The summed E-state index contributed by atoms with van der Waals surface area (Å²) in [6.45, 7) is 0. The van der Waals surface area contributed by atoms with Gasteiger partial charge in [0.15, 0.2) is 6.33 Å². The van der Waals surface area contributed by atoms with Gasteiger partial charge < -0.3 is 4.52 Å². The second-order valence-electron chi connectivity index (χ2n) is 1.16. The van der Waals surface area contributed by atoms with Gasteiger partial charge in [-0.3, -0.25) is 0 Å². The number of nitrogens with zero attached hydrogens (tertiary/aromatic N) is 4. The topological polar surface area (TPSA) is 64.7 Å². The Hall–Kier alpha value is -1.30. The van der Waals surface area contributed by atoms with E-state index in [0.717, 1.165) is 0 Å². The van der Waals surface area contributed by atoms with E-state index in [0.29, 0.717) is 0 Å². The number of hydrogen-bond acceptors (Lipinski definition) is 6. The minimum absolute atomic E-state index is 1.26. The fraction of sp³-hybridized carbons (Fsp3) is 0. The highest BCUT2D eigenvalue weighted by molar-refractivity contribution is 7.03. The molecular weight excluding hydrogens is 152 g/mol. The molecule has 10 heavy (non-hydrogen) atoms. The van der Waals surface area contributed by atoms with Gasteiger partial charge in [0.1, 0.15) is 11.8 Å². The minimum atomic E-state index is 1.26. The number of aromatic nitrogens is 4. The molecule has 0 saturated carbocycles. The van der Waals surface area contributed by atoms with Gasteiger partial charge in [-0.05, 0) is 11.5 Å². The molecule has 0 radical (unpaired) electrons. The normalized spacial score (nSPS) is 8.00. The molecule has 0 aromatic carbocycles. The lowest BCUT2D eigenvalue weighted by molar-refractivity contribution is 0.416. The van der Waals surface area contributed by atoms with Crippen LogP contribution in [0.25, 0.3) is 0 Å². The summed E-state index contributed by atoms with van der Waals surface area (Å²) in [5, 5.41) is 3.24. The molecule has 0 spiro atoms. The van der Waals surface area contributed by atoms with Crippen molar-refractivity contribution in [2.45, 2.75) is 0 Å². The molecule has 0 fully saturated rings. The molecular formula is C4H4N4OS. The standard InChI is InChI=1S/C2H2N2O.C2H2N2S/c2*1-3-2-5-4-1/h2*1-2H. The molecule has 6 heteroatoms. The van der Waals surface area contributed by atoms with Gasteiger partial charge in [0.2, 0.25) is 6.39 Å². The summed E-state index contributed by atoms with van der Waals surface area (Å²) in [4.78, 5) is 7.07. The van der Waals surface area contributed by atoms with E-state index in [1.807, 2.05) is 0 Å². The zero-order valence-corrected chi connectivity index (χ0v) is 5.73. The van der Waals surface area contributed by atoms with Crippen LogP contribution in [0.1, 0.15) is 0 Å². The third kappa shape index (κ3) is 2.88. The Labute approximate surface area is 60.9 Å². The fourth-order valence-electron chi connectivity index (χ4n) is 0.272. The summed E-state index contributed by atoms with van der Waals surface area (Å²) in [5.74, 6) is 0. The third-order valence-electron chi connectivity index (χ3n) is 0.565. The van der Waals surface area contributed by atoms with Crippen molar-refractivity contribution < 1.29 is 4.52 Å². The Balaban J connectivity index is 0.0000001000. The van der Waals surface area contributed by atoms with E-state index in [9.17, 15) is 0 Å². The first-order valence-corrected chi connectivity index (χ1v) is 3.22. The molecule has 5 nitrogen and oxygen atoms in total. The highest BCUT2D eigenvalue weighted by atomic mass is 32.1. The Morgan fingerprint density at radius 1 is 1.20 bits per heavy atom. The summed E-state index contributed by atoms with van der Waals surface area (Å²) in [7, 11) is 0. The molecule has 0 aliphatic rings. The van der Waals surface area contributed by atoms with E-state index in [2.05, 4.69) is 24.0 Å². The lowest BCUT2D eigenvalue weighted by Crippen LogP contribution is -1.44. The van der Waals surface area contributed by atoms with Crippen LogP contribution in [0.5, 0.6) is 0 Å². The Bertz CT molecular complexity index is 156. The van der Waals surface area contributed by atoms with Gasteiger partial charge in [0, 0.05) is 0 Å². The molecule has 0 N–H and O–H groups in total. The van der Waals surface area contributed by atoms with Gasteiger partial charge in [-0.25, -0.2) is 9.97 Å². The van der Waals surface area contributed by atoms with Crippen LogP contribution in [-0.2, 0) is 0 Å². The van der Waals surface area contributed by atoms with Crippen LogP contribution < -0.4 is 0 Å². The second kappa shape index (κ2) is 4.57. The first kappa shape index (κ1) is 6.81. The van der Waals surface area contributed by atoms with Crippen LogP contribution in [-0.4, -0.2) is 19.5 Å². The molecule has 52 valence electrons. The van der Waals surface area contributed by atoms with E-state index < -0.39 is 0 Å². The predicted molar refractivity (Wildman–Crippen MR) is 34.2 cm³/mol. The highest BCUT2D eigenvalue weighted by Crippen LogP contribution is 1.77. The molecule has 2 aromatic heterocycles. The van der Waals surface area contributed by atoms with Crippen molar-refractivity contribution >= 4 is 11.5 Å². The number of rotatable bonds is 0. The predicted octanol–water partition coefficient (Wildman–Crippen LogP) is 0.608. The summed E-state index contributed by atoms with van der Waals surface area (Å²) in [6, 6.07) is 0.